The van der Waals surface area contributed by atoms with Crippen molar-refractivity contribution in [3.8, 4) is 0 Å². The summed E-state index contributed by atoms with van der Waals surface area (Å²) in [6.45, 7) is 17.0. The van der Waals surface area contributed by atoms with Crippen molar-refractivity contribution >= 4 is 46.0 Å². The first kappa shape index (κ1) is 19.2. The SMILES string of the molecule is [C-]#[N+]c1cc(Cl)c(N)cc1C.[C-]#[N+]c1cc(Cl)c([N+](=O)[O-])cc1C. The summed E-state index contributed by atoms with van der Waals surface area (Å²) in [5.41, 5.74) is 8.20. The highest BCUT2D eigenvalue weighted by Gasteiger charge is 2.14. The summed E-state index contributed by atoms with van der Waals surface area (Å²) in [6.07, 6.45) is 0. The van der Waals surface area contributed by atoms with Crippen LogP contribution in [0.3, 0.4) is 0 Å². The molecule has 6 nitrogen and oxygen atoms in total. The van der Waals surface area contributed by atoms with Crippen LogP contribution in [0.5, 0.6) is 0 Å². The zero-order valence-electron chi connectivity index (χ0n) is 12.8. The molecule has 0 aliphatic rings. The molecule has 2 N–H and O–H groups in total. The summed E-state index contributed by atoms with van der Waals surface area (Å²) in [5, 5.41) is 10.9. The molecule has 0 spiro atoms. The van der Waals surface area contributed by atoms with Crippen molar-refractivity contribution in [2.45, 2.75) is 13.8 Å². The van der Waals surface area contributed by atoms with Crippen LogP contribution in [-0.4, -0.2) is 4.92 Å². The molecule has 8 heteroatoms. The van der Waals surface area contributed by atoms with Gasteiger partial charge in [-0.05, 0) is 43.2 Å². The van der Waals surface area contributed by atoms with Gasteiger partial charge in [0.1, 0.15) is 5.02 Å². The number of anilines is 1. The third-order valence-electron chi connectivity index (χ3n) is 3.02. The molecule has 0 heterocycles. The Morgan fingerprint density at radius 1 is 1.00 bits per heavy atom. The molecule has 24 heavy (non-hydrogen) atoms. The van der Waals surface area contributed by atoms with E-state index in [1.165, 1.54) is 12.1 Å². The molecule has 2 aromatic rings. The number of nitrogens with two attached hydrogens (primary N) is 1. The molecular formula is C16H12Cl2N4O2. The normalized spacial score (nSPS) is 9.25. The van der Waals surface area contributed by atoms with Crippen LogP contribution >= 0.6 is 23.2 Å². The number of benzene rings is 2. The Hall–Kier alpha value is -2.80. The molecule has 2 rings (SSSR count). The lowest BCUT2D eigenvalue weighted by molar-refractivity contribution is -0.384. The van der Waals surface area contributed by atoms with E-state index in [2.05, 4.69) is 9.69 Å². The largest absolute Gasteiger partial charge is 0.398 e. The van der Waals surface area contributed by atoms with Crippen LogP contribution in [0.1, 0.15) is 11.1 Å². The molecule has 0 atom stereocenters. The van der Waals surface area contributed by atoms with Gasteiger partial charge in [-0.2, -0.15) is 0 Å². The lowest BCUT2D eigenvalue weighted by atomic mass is 10.2. The molecule has 0 aliphatic heterocycles. The minimum atomic E-state index is -0.566. The minimum absolute atomic E-state index is 0.00148. The van der Waals surface area contributed by atoms with Gasteiger partial charge in [0, 0.05) is 11.8 Å². The molecule has 0 aliphatic carbocycles. The van der Waals surface area contributed by atoms with Crippen LogP contribution in [0.15, 0.2) is 24.3 Å². The lowest BCUT2D eigenvalue weighted by Crippen LogP contribution is -1.89. The molecule has 0 aromatic heterocycles. The molecule has 0 amide bonds. The highest BCUT2D eigenvalue weighted by Crippen LogP contribution is 2.32. The van der Waals surface area contributed by atoms with Crippen LogP contribution in [0, 0.1) is 37.1 Å². The van der Waals surface area contributed by atoms with Crippen molar-refractivity contribution in [2.24, 2.45) is 0 Å². The molecule has 0 radical (unpaired) electrons. The molecule has 0 saturated heterocycles. The van der Waals surface area contributed by atoms with Crippen molar-refractivity contribution in [3.63, 3.8) is 0 Å². The van der Waals surface area contributed by atoms with E-state index in [9.17, 15) is 10.1 Å². The Bertz CT molecular complexity index is 883. The van der Waals surface area contributed by atoms with Crippen LogP contribution in [0.25, 0.3) is 9.69 Å². The topological polar surface area (TPSA) is 77.9 Å². The van der Waals surface area contributed by atoms with E-state index in [1.807, 2.05) is 6.92 Å². The van der Waals surface area contributed by atoms with Crippen LogP contribution in [0.2, 0.25) is 10.0 Å². The van der Waals surface area contributed by atoms with Crippen molar-refractivity contribution in [3.05, 3.63) is 78.4 Å². The van der Waals surface area contributed by atoms with E-state index in [4.69, 9.17) is 42.1 Å². The monoisotopic (exact) mass is 362 g/mol. The Labute approximate surface area is 149 Å². The quantitative estimate of drug-likeness (QED) is 0.297. The van der Waals surface area contributed by atoms with Gasteiger partial charge in [-0.15, -0.1) is 0 Å². The second-order valence-corrected chi connectivity index (χ2v) is 5.55. The number of hydrogen-bond donors (Lipinski definition) is 1. The number of nitro benzene ring substituents is 1. The Morgan fingerprint density at radius 3 is 1.92 bits per heavy atom. The maximum absolute atomic E-state index is 10.4. The van der Waals surface area contributed by atoms with Crippen molar-refractivity contribution < 1.29 is 4.92 Å². The summed E-state index contributed by atoms with van der Waals surface area (Å²) in [6, 6.07) is 5.90. The van der Waals surface area contributed by atoms with Gasteiger partial charge in [0.2, 0.25) is 0 Å². The molecule has 0 saturated carbocycles. The van der Waals surface area contributed by atoms with Crippen molar-refractivity contribution in [1.29, 1.82) is 0 Å². The van der Waals surface area contributed by atoms with Crippen molar-refractivity contribution in [2.75, 3.05) is 5.73 Å². The molecule has 0 bridgehead atoms. The first-order valence-corrected chi connectivity index (χ1v) is 7.22. The predicted octanol–water partition coefficient (Wildman–Crippen LogP) is 5.89. The minimum Gasteiger partial charge on any atom is -0.398 e. The van der Waals surface area contributed by atoms with Gasteiger partial charge < -0.3 is 5.73 Å². The first-order valence-electron chi connectivity index (χ1n) is 6.46. The first-order chi connectivity index (χ1) is 11.2. The van der Waals surface area contributed by atoms with Crippen LogP contribution in [0.4, 0.5) is 22.7 Å². The Morgan fingerprint density at radius 2 is 1.46 bits per heavy atom. The van der Waals surface area contributed by atoms with E-state index in [0.717, 1.165) is 5.56 Å². The summed E-state index contributed by atoms with van der Waals surface area (Å²) >= 11 is 11.3. The molecular weight excluding hydrogens is 351 g/mol. The average molecular weight is 363 g/mol. The highest BCUT2D eigenvalue weighted by atomic mass is 35.5. The van der Waals surface area contributed by atoms with Gasteiger partial charge in [-0.3, -0.25) is 10.1 Å². The smallest absolute Gasteiger partial charge is 0.285 e. The van der Waals surface area contributed by atoms with E-state index in [0.29, 0.717) is 27.6 Å². The lowest BCUT2D eigenvalue weighted by Gasteiger charge is -2.00. The number of nitro groups is 1. The maximum Gasteiger partial charge on any atom is 0.285 e. The molecule has 2 aromatic carbocycles. The maximum atomic E-state index is 10.4. The predicted molar refractivity (Wildman–Crippen MR) is 96.0 cm³/mol. The van der Waals surface area contributed by atoms with E-state index < -0.39 is 4.92 Å². The summed E-state index contributed by atoms with van der Waals surface area (Å²) in [4.78, 5) is 16.3. The number of rotatable bonds is 1. The van der Waals surface area contributed by atoms with Crippen molar-refractivity contribution in [1.82, 2.24) is 0 Å². The standard InChI is InChI=1S/C8H5ClN2O2.C8H7ClN2/c1-5-3-8(11(12)13)6(9)4-7(5)10-2;1-5-3-7(10)6(9)4-8(5)11-2/h3-4H,1H3;3-4H,10H2,1H3. The van der Waals surface area contributed by atoms with Gasteiger partial charge in [-0.1, -0.05) is 23.2 Å². The van der Waals surface area contributed by atoms with Gasteiger partial charge in [-0.25, -0.2) is 9.69 Å². The third-order valence-corrected chi connectivity index (χ3v) is 3.65. The molecule has 122 valence electrons. The Balaban J connectivity index is 0.000000243. The fourth-order valence-corrected chi connectivity index (χ4v) is 2.11. The van der Waals surface area contributed by atoms with Gasteiger partial charge in [0.25, 0.3) is 5.69 Å². The van der Waals surface area contributed by atoms with E-state index >= 15 is 0 Å². The number of hydrogen-bond acceptors (Lipinski definition) is 3. The summed E-state index contributed by atoms with van der Waals surface area (Å²) in [7, 11) is 0. The fraction of sp³-hybridized carbons (Fsp3) is 0.125. The Kier molecular flexibility index (Phi) is 6.55. The molecule has 0 unspecified atom stereocenters. The summed E-state index contributed by atoms with van der Waals surface area (Å²) < 4.78 is 0. The summed E-state index contributed by atoms with van der Waals surface area (Å²) in [5.74, 6) is 0. The second-order valence-electron chi connectivity index (χ2n) is 4.73. The zero-order valence-corrected chi connectivity index (χ0v) is 14.3. The average Bonchev–Trinajstić information content (AvgIpc) is 2.53. The van der Waals surface area contributed by atoms with Crippen LogP contribution in [-0.2, 0) is 0 Å². The highest BCUT2D eigenvalue weighted by molar-refractivity contribution is 6.33. The molecule has 0 fully saturated rings. The number of halogens is 2. The number of nitrogen functional groups attached to an aromatic ring is 1. The number of aryl methyl sites for hydroxylation is 2. The third kappa shape index (κ3) is 4.60. The van der Waals surface area contributed by atoms with Crippen LogP contribution < -0.4 is 5.73 Å². The van der Waals surface area contributed by atoms with Gasteiger partial charge in [0.15, 0.2) is 11.4 Å². The van der Waals surface area contributed by atoms with Gasteiger partial charge in [0.05, 0.1) is 23.1 Å². The fourth-order valence-electron chi connectivity index (χ4n) is 1.73. The number of nitrogens with zero attached hydrogens (tertiary/aromatic N) is 3. The zero-order chi connectivity index (χ0) is 18.4. The van der Waals surface area contributed by atoms with E-state index in [-0.39, 0.29) is 10.7 Å². The van der Waals surface area contributed by atoms with E-state index in [1.54, 1.807) is 19.1 Å². The van der Waals surface area contributed by atoms with Gasteiger partial charge >= 0.3 is 0 Å². The second kappa shape index (κ2) is 8.16.